The van der Waals surface area contributed by atoms with Crippen LogP contribution < -0.4 is 10.1 Å². The minimum atomic E-state index is -0.110. The molecule has 0 bridgehead atoms. The third kappa shape index (κ3) is 2.85. The summed E-state index contributed by atoms with van der Waals surface area (Å²) >= 11 is 0. The molecule has 1 amide bonds. The molecule has 0 radical (unpaired) electrons. The Labute approximate surface area is 117 Å². The van der Waals surface area contributed by atoms with E-state index in [9.17, 15) is 4.79 Å². The summed E-state index contributed by atoms with van der Waals surface area (Å²) < 4.78 is 10.9. The standard InChI is InChI=1S/C16H17NO3/c18-16(17-8-7-14-5-3-9-19-14)13-10-12-4-1-2-6-15(12)20-11-13/h1-6,9,13H,7-8,10-11H2,(H,17,18). The number of rotatable bonds is 4. The molecule has 0 saturated heterocycles. The zero-order chi connectivity index (χ0) is 13.8. The van der Waals surface area contributed by atoms with Crippen LogP contribution in [0.5, 0.6) is 5.75 Å². The molecule has 20 heavy (non-hydrogen) atoms. The van der Waals surface area contributed by atoms with Crippen LogP contribution in [0.4, 0.5) is 0 Å². The molecule has 1 N–H and O–H groups in total. The highest BCUT2D eigenvalue weighted by Gasteiger charge is 2.25. The van der Waals surface area contributed by atoms with Gasteiger partial charge in [-0.15, -0.1) is 0 Å². The second-order valence-corrected chi connectivity index (χ2v) is 4.94. The number of fused-ring (bicyclic) bond motifs is 1. The van der Waals surface area contributed by atoms with Crippen LogP contribution >= 0.6 is 0 Å². The maximum absolute atomic E-state index is 12.1. The molecule has 2 aromatic rings. The summed E-state index contributed by atoms with van der Waals surface area (Å²) in [5.41, 5.74) is 1.10. The van der Waals surface area contributed by atoms with E-state index in [1.165, 1.54) is 0 Å². The number of carbonyl (C=O) groups is 1. The molecule has 1 aromatic carbocycles. The van der Waals surface area contributed by atoms with Crippen LogP contribution in [0.1, 0.15) is 11.3 Å². The van der Waals surface area contributed by atoms with E-state index in [1.807, 2.05) is 36.4 Å². The molecule has 104 valence electrons. The van der Waals surface area contributed by atoms with Gasteiger partial charge in [-0.3, -0.25) is 4.79 Å². The van der Waals surface area contributed by atoms with Crippen molar-refractivity contribution in [2.75, 3.05) is 13.2 Å². The molecule has 1 aliphatic heterocycles. The Morgan fingerprint density at radius 2 is 2.15 bits per heavy atom. The molecule has 0 fully saturated rings. The van der Waals surface area contributed by atoms with Crippen molar-refractivity contribution in [1.82, 2.24) is 5.32 Å². The fourth-order valence-corrected chi connectivity index (χ4v) is 2.40. The second kappa shape index (κ2) is 5.82. The molecule has 1 unspecified atom stereocenters. The zero-order valence-electron chi connectivity index (χ0n) is 11.2. The first-order chi connectivity index (χ1) is 9.83. The van der Waals surface area contributed by atoms with Crippen LogP contribution in [0.25, 0.3) is 0 Å². The van der Waals surface area contributed by atoms with Crippen molar-refractivity contribution in [2.24, 2.45) is 5.92 Å². The summed E-state index contributed by atoms with van der Waals surface area (Å²) in [6, 6.07) is 11.6. The summed E-state index contributed by atoms with van der Waals surface area (Å²) in [5.74, 6) is 1.72. The van der Waals surface area contributed by atoms with Crippen molar-refractivity contribution >= 4 is 5.91 Å². The highest BCUT2D eigenvalue weighted by molar-refractivity contribution is 5.79. The molecule has 0 saturated carbocycles. The lowest BCUT2D eigenvalue weighted by Gasteiger charge is -2.24. The van der Waals surface area contributed by atoms with Crippen molar-refractivity contribution in [3.8, 4) is 5.75 Å². The molecule has 3 rings (SSSR count). The van der Waals surface area contributed by atoms with Gasteiger partial charge in [-0.05, 0) is 30.2 Å². The molecular weight excluding hydrogens is 254 g/mol. The van der Waals surface area contributed by atoms with Crippen molar-refractivity contribution in [2.45, 2.75) is 12.8 Å². The van der Waals surface area contributed by atoms with Crippen LogP contribution in [-0.4, -0.2) is 19.1 Å². The Morgan fingerprint density at radius 3 is 3.00 bits per heavy atom. The summed E-state index contributed by atoms with van der Waals surface area (Å²) in [7, 11) is 0. The number of ether oxygens (including phenoxy) is 1. The van der Waals surface area contributed by atoms with Gasteiger partial charge in [-0.2, -0.15) is 0 Å². The Bertz CT molecular complexity index is 577. The normalized spacial score (nSPS) is 17.1. The van der Waals surface area contributed by atoms with Gasteiger partial charge in [0.05, 0.1) is 12.2 Å². The summed E-state index contributed by atoms with van der Waals surface area (Å²) in [5, 5.41) is 2.94. The van der Waals surface area contributed by atoms with E-state index in [0.29, 0.717) is 19.6 Å². The lowest BCUT2D eigenvalue weighted by atomic mass is 9.96. The Morgan fingerprint density at radius 1 is 1.25 bits per heavy atom. The number of nitrogens with one attached hydrogen (secondary N) is 1. The van der Waals surface area contributed by atoms with Crippen LogP contribution in [0.15, 0.2) is 47.1 Å². The number of furan rings is 1. The van der Waals surface area contributed by atoms with Crippen molar-refractivity contribution in [3.63, 3.8) is 0 Å². The van der Waals surface area contributed by atoms with E-state index in [-0.39, 0.29) is 11.8 Å². The van der Waals surface area contributed by atoms with Gasteiger partial charge >= 0.3 is 0 Å². The topological polar surface area (TPSA) is 51.5 Å². The molecule has 0 spiro atoms. The number of carbonyl (C=O) groups excluding carboxylic acids is 1. The van der Waals surface area contributed by atoms with Gasteiger partial charge in [0.25, 0.3) is 0 Å². The molecule has 1 aliphatic rings. The Kier molecular flexibility index (Phi) is 3.72. The van der Waals surface area contributed by atoms with Gasteiger partial charge in [0.1, 0.15) is 18.1 Å². The van der Waals surface area contributed by atoms with Crippen molar-refractivity contribution in [3.05, 3.63) is 54.0 Å². The predicted molar refractivity (Wildman–Crippen MR) is 74.6 cm³/mol. The second-order valence-electron chi connectivity index (χ2n) is 4.94. The van der Waals surface area contributed by atoms with E-state index in [2.05, 4.69) is 5.32 Å². The smallest absolute Gasteiger partial charge is 0.226 e. The van der Waals surface area contributed by atoms with Gasteiger partial charge in [0.15, 0.2) is 0 Å². The zero-order valence-corrected chi connectivity index (χ0v) is 11.2. The summed E-state index contributed by atoms with van der Waals surface area (Å²) in [6.07, 6.45) is 3.09. The first-order valence-electron chi connectivity index (χ1n) is 6.84. The first-order valence-corrected chi connectivity index (χ1v) is 6.84. The monoisotopic (exact) mass is 271 g/mol. The molecule has 1 aromatic heterocycles. The molecule has 0 aliphatic carbocycles. The fraction of sp³-hybridized carbons (Fsp3) is 0.312. The highest BCUT2D eigenvalue weighted by Crippen LogP contribution is 2.26. The minimum absolute atomic E-state index is 0.0473. The molecular formula is C16H17NO3. The first kappa shape index (κ1) is 12.8. The van der Waals surface area contributed by atoms with Crippen LogP contribution in [0.2, 0.25) is 0 Å². The SMILES string of the molecule is O=C(NCCc1ccco1)C1COc2ccccc2C1. The molecule has 4 nitrogen and oxygen atoms in total. The third-order valence-electron chi connectivity index (χ3n) is 3.50. The van der Waals surface area contributed by atoms with Crippen LogP contribution in [0.3, 0.4) is 0 Å². The predicted octanol–water partition coefficient (Wildman–Crippen LogP) is 2.19. The Hall–Kier alpha value is -2.23. The average molecular weight is 271 g/mol. The van der Waals surface area contributed by atoms with E-state index in [4.69, 9.17) is 9.15 Å². The maximum atomic E-state index is 12.1. The van der Waals surface area contributed by atoms with Crippen LogP contribution in [-0.2, 0) is 17.6 Å². The highest BCUT2D eigenvalue weighted by atomic mass is 16.5. The summed E-state index contributed by atoms with van der Waals surface area (Å²) in [4.78, 5) is 12.1. The van der Waals surface area contributed by atoms with E-state index in [0.717, 1.165) is 23.5 Å². The van der Waals surface area contributed by atoms with Crippen molar-refractivity contribution in [1.29, 1.82) is 0 Å². The molecule has 4 heteroatoms. The number of para-hydroxylation sites is 1. The van der Waals surface area contributed by atoms with Gasteiger partial charge in [-0.1, -0.05) is 18.2 Å². The number of amides is 1. The lowest BCUT2D eigenvalue weighted by molar-refractivity contribution is -0.126. The average Bonchev–Trinajstić information content (AvgIpc) is 3.00. The van der Waals surface area contributed by atoms with E-state index in [1.54, 1.807) is 6.26 Å². The fourth-order valence-electron chi connectivity index (χ4n) is 2.40. The molecule has 2 heterocycles. The number of hydrogen-bond donors (Lipinski definition) is 1. The minimum Gasteiger partial charge on any atom is -0.492 e. The largest absolute Gasteiger partial charge is 0.492 e. The van der Waals surface area contributed by atoms with Gasteiger partial charge < -0.3 is 14.5 Å². The van der Waals surface area contributed by atoms with Gasteiger partial charge in [0.2, 0.25) is 5.91 Å². The number of hydrogen-bond acceptors (Lipinski definition) is 3. The maximum Gasteiger partial charge on any atom is 0.226 e. The van der Waals surface area contributed by atoms with Crippen LogP contribution in [0, 0.1) is 5.92 Å². The van der Waals surface area contributed by atoms with E-state index >= 15 is 0 Å². The lowest BCUT2D eigenvalue weighted by Crippen LogP contribution is -2.38. The van der Waals surface area contributed by atoms with Gasteiger partial charge in [0, 0.05) is 13.0 Å². The molecule has 1 atom stereocenters. The Balaban J connectivity index is 1.51. The van der Waals surface area contributed by atoms with Gasteiger partial charge in [-0.25, -0.2) is 0 Å². The van der Waals surface area contributed by atoms with E-state index < -0.39 is 0 Å². The number of benzene rings is 1. The quantitative estimate of drug-likeness (QED) is 0.927. The summed E-state index contributed by atoms with van der Waals surface area (Å²) in [6.45, 7) is 1.04. The third-order valence-corrected chi connectivity index (χ3v) is 3.50. The van der Waals surface area contributed by atoms with Crippen molar-refractivity contribution < 1.29 is 13.9 Å².